The Morgan fingerprint density at radius 2 is 1.84 bits per heavy atom. The monoisotopic (exact) mass is 262 g/mol. The Bertz CT molecular complexity index is 366. The highest BCUT2D eigenvalue weighted by Crippen LogP contribution is 2.30. The van der Waals surface area contributed by atoms with Crippen molar-refractivity contribution in [1.82, 2.24) is 0 Å². The maximum Gasteiger partial charge on any atom is 0.209 e. The lowest BCUT2D eigenvalue weighted by Crippen LogP contribution is -2.33. The Labute approximate surface area is 117 Å². The fraction of sp³-hybridized carbons (Fsp3) is 0.529. The molecule has 2 nitrogen and oxygen atoms in total. The van der Waals surface area contributed by atoms with Crippen molar-refractivity contribution in [1.29, 1.82) is 0 Å². The number of hydrogen-bond acceptors (Lipinski definition) is 2. The number of rotatable bonds is 9. The Kier molecular flexibility index (Phi) is 6.65. The zero-order valence-corrected chi connectivity index (χ0v) is 12.4. The number of methoxy groups -OCH3 is 1. The lowest BCUT2D eigenvalue weighted by atomic mass is 10.0. The van der Waals surface area contributed by atoms with Crippen molar-refractivity contribution in [2.45, 2.75) is 51.7 Å². The van der Waals surface area contributed by atoms with Crippen LogP contribution in [0.3, 0.4) is 0 Å². The van der Waals surface area contributed by atoms with Gasteiger partial charge in [0.15, 0.2) is 0 Å². The van der Waals surface area contributed by atoms with Gasteiger partial charge < -0.3 is 9.47 Å². The summed E-state index contributed by atoms with van der Waals surface area (Å²) in [5, 5.41) is 0. The van der Waals surface area contributed by atoms with Crippen LogP contribution >= 0.6 is 0 Å². The predicted octanol–water partition coefficient (Wildman–Crippen LogP) is 5.01. The first-order valence-corrected chi connectivity index (χ1v) is 7.16. The van der Waals surface area contributed by atoms with Gasteiger partial charge in [0.2, 0.25) is 5.79 Å². The third-order valence-electron chi connectivity index (χ3n) is 3.48. The van der Waals surface area contributed by atoms with Crippen molar-refractivity contribution >= 4 is 5.76 Å². The van der Waals surface area contributed by atoms with Crippen molar-refractivity contribution in [3.8, 4) is 0 Å². The average molecular weight is 262 g/mol. The summed E-state index contributed by atoms with van der Waals surface area (Å²) in [6.45, 7) is 8.32. The van der Waals surface area contributed by atoms with Crippen LogP contribution in [0.2, 0.25) is 0 Å². The van der Waals surface area contributed by atoms with Crippen LogP contribution in [0.15, 0.2) is 36.9 Å². The minimum Gasteiger partial charge on any atom is -0.462 e. The van der Waals surface area contributed by atoms with Gasteiger partial charge in [-0.15, -0.1) is 0 Å². The molecule has 1 aromatic rings. The van der Waals surface area contributed by atoms with Crippen LogP contribution in [0, 0.1) is 0 Å². The number of unbranched alkanes of at least 4 members (excludes halogenated alkanes) is 2. The normalized spacial score (nSPS) is 13.8. The fourth-order valence-electron chi connectivity index (χ4n) is 2.14. The summed E-state index contributed by atoms with van der Waals surface area (Å²) in [6.07, 6.45) is 5.23. The molecule has 0 N–H and O–H groups in total. The first-order chi connectivity index (χ1) is 9.17. The lowest BCUT2D eigenvalue weighted by molar-refractivity contribution is -0.188. The van der Waals surface area contributed by atoms with E-state index in [-0.39, 0.29) is 0 Å². The van der Waals surface area contributed by atoms with Gasteiger partial charge >= 0.3 is 0 Å². The fourth-order valence-corrected chi connectivity index (χ4v) is 2.14. The summed E-state index contributed by atoms with van der Waals surface area (Å²) in [7, 11) is 1.72. The molecule has 0 aliphatic rings. The molecule has 0 fully saturated rings. The van der Waals surface area contributed by atoms with E-state index < -0.39 is 5.79 Å². The van der Waals surface area contributed by atoms with E-state index in [4.69, 9.17) is 9.47 Å². The van der Waals surface area contributed by atoms with Crippen molar-refractivity contribution < 1.29 is 9.47 Å². The van der Waals surface area contributed by atoms with Crippen molar-refractivity contribution in [3.05, 3.63) is 42.5 Å². The van der Waals surface area contributed by atoms with Gasteiger partial charge in [0.05, 0.1) is 0 Å². The first kappa shape index (κ1) is 15.8. The van der Waals surface area contributed by atoms with Crippen LogP contribution in [0.5, 0.6) is 0 Å². The molecule has 19 heavy (non-hydrogen) atoms. The minimum absolute atomic E-state index is 0.540. The van der Waals surface area contributed by atoms with Gasteiger partial charge in [-0.25, -0.2) is 0 Å². The van der Waals surface area contributed by atoms with E-state index in [0.29, 0.717) is 5.76 Å². The van der Waals surface area contributed by atoms with Crippen LogP contribution in [0.1, 0.15) is 51.5 Å². The molecule has 0 spiro atoms. The molecule has 0 saturated heterocycles. The molecule has 0 aromatic heterocycles. The molecule has 0 amide bonds. The zero-order chi connectivity index (χ0) is 14.1. The summed E-state index contributed by atoms with van der Waals surface area (Å²) in [5.41, 5.74) is 1.01. The molecule has 0 aliphatic carbocycles. The van der Waals surface area contributed by atoms with E-state index in [2.05, 4.69) is 20.4 Å². The highest BCUT2D eigenvalue weighted by molar-refractivity contribution is 5.57. The highest BCUT2D eigenvalue weighted by Gasteiger charge is 2.30. The molecule has 1 rings (SSSR count). The van der Waals surface area contributed by atoms with Gasteiger partial charge in [0, 0.05) is 25.5 Å². The molecular formula is C17H26O2. The summed E-state index contributed by atoms with van der Waals surface area (Å²) >= 11 is 0. The minimum atomic E-state index is -0.540. The second-order valence-corrected chi connectivity index (χ2v) is 4.82. The third kappa shape index (κ3) is 4.71. The molecule has 2 heteroatoms. The SMILES string of the molecule is C=C(OC(CC)(CCCCC)OC)c1ccccc1. The Morgan fingerprint density at radius 3 is 2.37 bits per heavy atom. The quantitative estimate of drug-likeness (QED) is 0.354. The van der Waals surface area contributed by atoms with Crippen LogP contribution in [-0.2, 0) is 9.47 Å². The maximum absolute atomic E-state index is 6.05. The first-order valence-electron chi connectivity index (χ1n) is 7.16. The Hall–Kier alpha value is -1.28. The molecule has 1 unspecified atom stereocenters. The van der Waals surface area contributed by atoms with Gasteiger partial charge in [-0.05, 0) is 6.42 Å². The van der Waals surface area contributed by atoms with Gasteiger partial charge in [-0.1, -0.05) is 63.6 Å². The van der Waals surface area contributed by atoms with Crippen molar-refractivity contribution in [2.75, 3.05) is 7.11 Å². The summed E-state index contributed by atoms with van der Waals surface area (Å²) in [4.78, 5) is 0. The topological polar surface area (TPSA) is 18.5 Å². The van der Waals surface area contributed by atoms with E-state index in [0.717, 1.165) is 24.8 Å². The van der Waals surface area contributed by atoms with E-state index in [1.54, 1.807) is 7.11 Å². The van der Waals surface area contributed by atoms with Crippen molar-refractivity contribution in [2.24, 2.45) is 0 Å². The smallest absolute Gasteiger partial charge is 0.209 e. The Morgan fingerprint density at radius 1 is 1.16 bits per heavy atom. The maximum atomic E-state index is 6.05. The zero-order valence-electron chi connectivity index (χ0n) is 12.4. The largest absolute Gasteiger partial charge is 0.462 e. The van der Waals surface area contributed by atoms with Gasteiger partial charge in [0.25, 0.3) is 0 Å². The molecule has 0 aliphatic heterocycles. The molecule has 106 valence electrons. The number of ether oxygens (including phenoxy) is 2. The van der Waals surface area contributed by atoms with Crippen molar-refractivity contribution in [3.63, 3.8) is 0 Å². The van der Waals surface area contributed by atoms with Crippen LogP contribution in [0.4, 0.5) is 0 Å². The third-order valence-corrected chi connectivity index (χ3v) is 3.48. The summed E-state index contributed by atoms with van der Waals surface area (Å²) in [6, 6.07) is 9.97. The molecule has 0 saturated carbocycles. The second-order valence-electron chi connectivity index (χ2n) is 4.82. The molecular weight excluding hydrogens is 236 g/mol. The second kappa shape index (κ2) is 8.00. The van der Waals surface area contributed by atoms with Gasteiger partial charge in [-0.2, -0.15) is 0 Å². The van der Waals surface area contributed by atoms with Crippen LogP contribution in [-0.4, -0.2) is 12.9 Å². The van der Waals surface area contributed by atoms with E-state index in [1.807, 2.05) is 30.3 Å². The standard InChI is InChI=1S/C17H26O2/c1-5-7-11-14-17(6-2,18-4)19-15(3)16-12-9-8-10-13-16/h8-10,12-13H,3,5-7,11,14H2,1-2,4H3. The number of hydrogen-bond donors (Lipinski definition) is 0. The van der Waals surface area contributed by atoms with Gasteiger partial charge in [0.1, 0.15) is 5.76 Å². The van der Waals surface area contributed by atoms with Crippen LogP contribution < -0.4 is 0 Å². The average Bonchev–Trinajstić information content (AvgIpc) is 2.47. The lowest BCUT2D eigenvalue weighted by Gasteiger charge is -2.33. The predicted molar refractivity (Wildman–Crippen MR) is 80.7 cm³/mol. The van der Waals surface area contributed by atoms with Gasteiger partial charge in [-0.3, -0.25) is 0 Å². The number of benzene rings is 1. The molecule has 0 heterocycles. The molecule has 1 aromatic carbocycles. The Balaban J connectivity index is 2.69. The summed E-state index contributed by atoms with van der Waals surface area (Å²) < 4.78 is 11.7. The highest BCUT2D eigenvalue weighted by atomic mass is 16.7. The molecule has 0 radical (unpaired) electrons. The van der Waals surface area contributed by atoms with Crippen LogP contribution in [0.25, 0.3) is 5.76 Å². The molecule has 1 atom stereocenters. The summed E-state index contributed by atoms with van der Waals surface area (Å²) in [5.74, 6) is 0.142. The van der Waals surface area contributed by atoms with E-state index >= 15 is 0 Å². The van der Waals surface area contributed by atoms with E-state index in [9.17, 15) is 0 Å². The van der Waals surface area contributed by atoms with E-state index in [1.165, 1.54) is 12.8 Å². The molecule has 0 bridgehead atoms.